The molecule has 0 aromatic carbocycles. The van der Waals surface area contributed by atoms with Crippen LogP contribution in [0.5, 0.6) is 0 Å². The summed E-state index contributed by atoms with van der Waals surface area (Å²) < 4.78 is 0. The molecule has 0 amide bonds. The maximum atomic E-state index is 9.85. The number of carbonyl (C=O) groups excluding carboxylic acids is 2. The molecule has 0 heterocycles. The second-order valence-electron chi connectivity index (χ2n) is 3.26. The van der Waals surface area contributed by atoms with Gasteiger partial charge in [0.25, 0.3) is 0 Å². The van der Waals surface area contributed by atoms with Crippen molar-refractivity contribution < 1.29 is 9.59 Å². The molecule has 0 spiro atoms. The molecule has 74 valence electrons. The first kappa shape index (κ1) is 12.3. The zero-order valence-corrected chi connectivity index (χ0v) is 8.18. The highest BCUT2D eigenvalue weighted by Crippen LogP contribution is 2.08. The second-order valence-corrected chi connectivity index (χ2v) is 3.26. The normalized spacial score (nSPS) is 9.85. The highest BCUT2D eigenvalue weighted by Gasteiger charge is 1.91. The van der Waals surface area contributed by atoms with E-state index in [1.165, 1.54) is 19.3 Å². The Bertz CT molecular complexity index is 107. The fraction of sp³-hybridized carbons (Fsp3) is 0.818. The van der Waals surface area contributed by atoms with E-state index in [1.807, 2.05) is 12.6 Å². The monoisotopic (exact) mass is 182 g/mol. The minimum absolute atomic E-state index is 0.583. The third-order valence-corrected chi connectivity index (χ3v) is 2.06. The zero-order valence-electron chi connectivity index (χ0n) is 8.18. The lowest BCUT2D eigenvalue weighted by atomic mass is 10.1. The number of rotatable bonds is 10. The predicted octanol–water partition coefficient (Wildman–Crippen LogP) is 2.72. The Labute approximate surface area is 80.7 Å². The van der Waals surface area contributed by atoms with Crippen LogP contribution in [0, 0.1) is 0 Å². The van der Waals surface area contributed by atoms with Gasteiger partial charge >= 0.3 is 0 Å². The molecule has 0 saturated carbocycles. The fourth-order valence-corrected chi connectivity index (χ4v) is 1.28. The quantitative estimate of drug-likeness (QED) is 0.487. The van der Waals surface area contributed by atoms with E-state index in [2.05, 4.69) is 0 Å². The summed E-state index contributed by atoms with van der Waals surface area (Å²) in [4.78, 5) is 19.7. The molecule has 0 aliphatic rings. The molecule has 0 aliphatic carbocycles. The summed E-state index contributed by atoms with van der Waals surface area (Å²) in [7, 11) is 0. The first-order valence-electron chi connectivity index (χ1n) is 5.12. The van der Waals surface area contributed by atoms with Crippen LogP contribution >= 0.6 is 0 Å². The van der Waals surface area contributed by atoms with E-state index >= 15 is 0 Å². The van der Waals surface area contributed by atoms with Crippen LogP contribution in [0.25, 0.3) is 0 Å². The Morgan fingerprint density at radius 1 is 0.538 bits per heavy atom. The van der Waals surface area contributed by atoms with Gasteiger partial charge in [0.15, 0.2) is 12.6 Å². The van der Waals surface area contributed by atoms with Gasteiger partial charge in [0, 0.05) is 12.8 Å². The SMILES string of the molecule is O=[C]CCCCCCCCC[C]=O. The number of hydrogen-bond acceptors (Lipinski definition) is 2. The Balaban J connectivity index is 2.83. The first-order chi connectivity index (χ1) is 6.41. The van der Waals surface area contributed by atoms with Crippen LogP contribution in [0.3, 0.4) is 0 Å². The molecule has 0 N–H and O–H groups in total. The molecule has 13 heavy (non-hydrogen) atoms. The second kappa shape index (κ2) is 11.3. The summed E-state index contributed by atoms with van der Waals surface area (Å²) in [6.45, 7) is 0. The number of hydrogen-bond donors (Lipinski definition) is 0. The van der Waals surface area contributed by atoms with Crippen LogP contribution in [-0.4, -0.2) is 12.6 Å². The topological polar surface area (TPSA) is 34.1 Å². The van der Waals surface area contributed by atoms with Crippen molar-refractivity contribution >= 4 is 12.6 Å². The molecular weight excluding hydrogens is 164 g/mol. The summed E-state index contributed by atoms with van der Waals surface area (Å²) in [5.41, 5.74) is 0. The smallest absolute Gasteiger partial charge is 0.198 e. The minimum atomic E-state index is 0.583. The highest BCUT2D eigenvalue weighted by atomic mass is 16.1. The lowest BCUT2D eigenvalue weighted by molar-refractivity contribution is 0.535. The van der Waals surface area contributed by atoms with Gasteiger partial charge in [0.05, 0.1) is 0 Å². The van der Waals surface area contributed by atoms with Gasteiger partial charge in [-0.15, -0.1) is 0 Å². The van der Waals surface area contributed by atoms with E-state index in [0.717, 1.165) is 25.7 Å². The maximum absolute atomic E-state index is 9.85. The Hall–Kier alpha value is -0.660. The van der Waals surface area contributed by atoms with E-state index in [1.54, 1.807) is 0 Å². The molecule has 2 nitrogen and oxygen atoms in total. The van der Waals surface area contributed by atoms with Crippen molar-refractivity contribution in [2.45, 2.75) is 57.8 Å². The third-order valence-electron chi connectivity index (χ3n) is 2.06. The van der Waals surface area contributed by atoms with Gasteiger partial charge in [-0.2, -0.15) is 0 Å². The Morgan fingerprint density at radius 3 is 1.15 bits per heavy atom. The first-order valence-corrected chi connectivity index (χ1v) is 5.12. The summed E-state index contributed by atoms with van der Waals surface area (Å²) in [6.07, 6.45) is 12.8. The van der Waals surface area contributed by atoms with Gasteiger partial charge in [0.2, 0.25) is 0 Å². The summed E-state index contributed by atoms with van der Waals surface area (Å²) >= 11 is 0. The van der Waals surface area contributed by atoms with Gasteiger partial charge < -0.3 is 0 Å². The summed E-state index contributed by atoms with van der Waals surface area (Å²) in [5.74, 6) is 0. The molecule has 0 aromatic heterocycles. The van der Waals surface area contributed by atoms with Crippen LogP contribution in [0.1, 0.15) is 57.8 Å². The van der Waals surface area contributed by atoms with Crippen LogP contribution in [-0.2, 0) is 9.59 Å². The van der Waals surface area contributed by atoms with E-state index in [9.17, 15) is 9.59 Å². The molecule has 0 saturated heterocycles. The van der Waals surface area contributed by atoms with Crippen molar-refractivity contribution in [2.24, 2.45) is 0 Å². The maximum Gasteiger partial charge on any atom is 0.198 e. The molecule has 0 atom stereocenters. The molecule has 0 rings (SSSR count). The molecule has 0 bridgehead atoms. The van der Waals surface area contributed by atoms with Crippen LogP contribution in [0.4, 0.5) is 0 Å². The highest BCUT2D eigenvalue weighted by molar-refractivity contribution is 5.50. The largest absolute Gasteiger partial charge is 0.291 e. The van der Waals surface area contributed by atoms with E-state index in [4.69, 9.17) is 0 Å². The standard InChI is InChI=1S/C11H18O2/c12-10-8-6-4-2-1-3-5-7-9-11-13/h1-9H2. The van der Waals surface area contributed by atoms with Gasteiger partial charge in [-0.05, 0) is 12.8 Å². The lowest BCUT2D eigenvalue weighted by Crippen LogP contribution is -1.82. The van der Waals surface area contributed by atoms with E-state index in [0.29, 0.717) is 12.8 Å². The van der Waals surface area contributed by atoms with Crippen LogP contribution in [0.2, 0.25) is 0 Å². The lowest BCUT2D eigenvalue weighted by Gasteiger charge is -1.98. The molecule has 0 aliphatic heterocycles. The zero-order chi connectivity index (χ0) is 9.78. The number of unbranched alkanes of at least 4 members (excludes halogenated alkanes) is 8. The molecular formula is C11H18O2. The van der Waals surface area contributed by atoms with Gasteiger partial charge in [0.1, 0.15) is 0 Å². The van der Waals surface area contributed by atoms with E-state index < -0.39 is 0 Å². The summed E-state index contributed by atoms with van der Waals surface area (Å²) in [6, 6.07) is 0. The fourth-order valence-electron chi connectivity index (χ4n) is 1.28. The molecule has 0 aromatic rings. The van der Waals surface area contributed by atoms with Gasteiger partial charge in [-0.1, -0.05) is 32.1 Å². The van der Waals surface area contributed by atoms with Crippen molar-refractivity contribution in [3.05, 3.63) is 0 Å². The van der Waals surface area contributed by atoms with Gasteiger partial charge in [-0.3, -0.25) is 9.59 Å². The van der Waals surface area contributed by atoms with Crippen LogP contribution < -0.4 is 0 Å². The van der Waals surface area contributed by atoms with Crippen molar-refractivity contribution in [2.75, 3.05) is 0 Å². The predicted molar refractivity (Wildman–Crippen MR) is 52.9 cm³/mol. The molecule has 0 fully saturated rings. The van der Waals surface area contributed by atoms with Crippen LogP contribution in [0.15, 0.2) is 0 Å². The van der Waals surface area contributed by atoms with E-state index in [-0.39, 0.29) is 0 Å². The average Bonchev–Trinajstić information content (AvgIpc) is 2.16. The molecule has 2 radical (unpaired) electrons. The van der Waals surface area contributed by atoms with Gasteiger partial charge in [-0.25, -0.2) is 0 Å². The minimum Gasteiger partial charge on any atom is -0.291 e. The third kappa shape index (κ3) is 11.3. The van der Waals surface area contributed by atoms with Crippen molar-refractivity contribution in [1.82, 2.24) is 0 Å². The average molecular weight is 182 g/mol. The van der Waals surface area contributed by atoms with Crippen molar-refractivity contribution in [3.8, 4) is 0 Å². The summed E-state index contributed by atoms with van der Waals surface area (Å²) in [5, 5.41) is 0. The van der Waals surface area contributed by atoms with Crippen molar-refractivity contribution in [1.29, 1.82) is 0 Å². The Morgan fingerprint density at radius 2 is 0.846 bits per heavy atom. The molecule has 0 unspecified atom stereocenters. The Kier molecular flexibility index (Phi) is 10.8. The molecule has 2 heteroatoms. The van der Waals surface area contributed by atoms with Crippen molar-refractivity contribution in [3.63, 3.8) is 0 Å².